The third-order valence-electron chi connectivity index (χ3n) is 8.68. The minimum Gasteiger partial charge on any atom is -0.460 e. The van der Waals surface area contributed by atoms with Crippen molar-refractivity contribution in [3.8, 4) is 0 Å². The number of nitrogens with zero attached hydrogens (tertiary/aromatic N) is 4. The fourth-order valence-corrected chi connectivity index (χ4v) is 6.70. The molecule has 2 amide bonds. The van der Waals surface area contributed by atoms with Gasteiger partial charge in [0.1, 0.15) is 47.6 Å². The number of carbonyl (C=O) groups excluding carboxylic acids is 6. The first-order chi connectivity index (χ1) is 25.7. The Morgan fingerprint density at radius 2 is 0.786 bits per heavy atom. The van der Waals surface area contributed by atoms with E-state index in [1.54, 1.807) is 41.5 Å². The minimum absolute atomic E-state index is 0.183. The van der Waals surface area contributed by atoms with Crippen LogP contribution in [0, 0.1) is 0 Å². The zero-order valence-corrected chi connectivity index (χ0v) is 35.8. The number of hydrogen-bond acceptors (Lipinski definition) is 12. The number of ether oxygens (including phenoxy) is 4. The highest BCUT2D eigenvalue weighted by Gasteiger charge is 2.40. The number of benzene rings is 1. The number of carbonyl (C=O) groups is 6. The molecule has 14 nitrogen and oxygen atoms in total. The van der Waals surface area contributed by atoms with Crippen molar-refractivity contribution >= 4 is 35.7 Å². The van der Waals surface area contributed by atoms with E-state index in [2.05, 4.69) is 0 Å². The summed E-state index contributed by atoms with van der Waals surface area (Å²) in [6.07, 6.45) is 1.29. The van der Waals surface area contributed by atoms with Gasteiger partial charge in [-0.15, -0.1) is 0 Å². The van der Waals surface area contributed by atoms with Crippen LogP contribution in [0.25, 0.3) is 0 Å². The Hall–Kier alpha value is -4.04. The van der Waals surface area contributed by atoms with Gasteiger partial charge in [-0.05, 0) is 120 Å². The Kier molecular flexibility index (Phi) is 15.7. The molecular weight excluding hydrogens is 720 g/mol. The summed E-state index contributed by atoms with van der Waals surface area (Å²) in [5.74, 6) is -2.18. The molecule has 0 radical (unpaired) electrons. The molecule has 2 fully saturated rings. The molecule has 0 saturated carbocycles. The van der Waals surface area contributed by atoms with Crippen LogP contribution in [0.15, 0.2) is 24.3 Å². The summed E-state index contributed by atoms with van der Waals surface area (Å²) in [7, 11) is 0. The third-order valence-corrected chi connectivity index (χ3v) is 8.68. The van der Waals surface area contributed by atoms with E-state index in [9.17, 15) is 28.8 Å². The van der Waals surface area contributed by atoms with Crippen molar-refractivity contribution in [1.29, 1.82) is 0 Å². The Balaban J connectivity index is 1.90. The summed E-state index contributed by atoms with van der Waals surface area (Å²) >= 11 is 0. The Morgan fingerprint density at radius 3 is 1.07 bits per heavy atom. The predicted octanol–water partition coefficient (Wildman–Crippen LogP) is 4.98. The first-order valence-corrected chi connectivity index (χ1v) is 19.7. The topological polar surface area (TPSA) is 152 Å². The molecule has 1 aromatic carbocycles. The van der Waals surface area contributed by atoms with Gasteiger partial charge >= 0.3 is 23.9 Å². The molecule has 0 bridgehead atoms. The molecule has 314 valence electrons. The van der Waals surface area contributed by atoms with Crippen LogP contribution in [0.4, 0.5) is 0 Å². The highest BCUT2D eigenvalue weighted by Crippen LogP contribution is 2.32. The quantitative estimate of drug-likeness (QED) is 0.185. The maximum absolute atomic E-state index is 14.2. The van der Waals surface area contributed by atoms with Gasteiger partial charge in [0.25, 0.3) is 0 Å². The summed E-state index contributed by atoms with van der Waals surface area (Å²) < 4.78 is 22.0. The van der Waals surface area contributed by atoms with Crippen LogP contribution in [0.2, 0.25) is 0 Å². The summed E-state index contributed by atoms with van der Waals surface area (Å²) in [6.45, 7) is 23.5. The lowest BCUT2D eigenvalue weighted by Crippen LogP contribution is -2.54. The van der Waals surface area contributed by atoms with Crippen LogP contribution in [0.3, 0.4) is 0 Å². The maximum atomic E-state index is 14.2. The Labute approximate surface area is 333 Å². The number of piperazine rings is 2. The summed E-state index contributed by atoms with van der Waals surface area (Å²) in [5.41, 5.74) is -1.30. The molecule has 1 aromatic rings. The van der Waals surface area contributed by atoms with Crippen LogP contribution >= 0.6 is 0 Å². The predicted molar refractivity (Wildman–Crippen MR) is 210 cm³/mol. The van der Waals surface area contributed by atoms with Crippen LogP contribution in [0.1, 0.15) is 132 Å². The van der Waals surface area contributed by atoms with E-state index in [1.807, 2.05) is 75.6 Å². The van der Waals surface area contributed by atoms with Crippen LogP contribution in [-0.4, -0.2) is 130 Å². The van der Waals surface area contributed by atoms with Gasteiger partial charge in [0.2, 0.25) is 11.8 Å². The van der Waals surface area contributed by atoms with Crippen molar-refractivity contribution < 1.29 is 47.7 Å². The molecule has 0 aliphatic carbocycles. The second-order valence-corrected chi connectivity index (χ2v) is 18.6. The molecule has 2 atom stereocenters. The van der Waals surface area contributed by atoms with Gasteiger partial charge in [-0.25, -0.2) is 0 Å². The van der Waals surface area contributed by atoms with Gasteiger partial charge in [-0.2, -0.15) is 0 Å². The first-order valence-electron chi connectivity index (χ1n) is 19.7. The minimum atomic E-state index is -0.755. The first kappa shape index (κ1) is 46.3. The van der Waals surface area contributed by atoms with E-state index in [4.69, 9.17) is 18.9 Å². The number of amides is 2. The van der Waals surface area contributed by atoms with E-state index >= 15 is 0 Å². The number of rotatable bonds is 14. The van der Waals surface area contributed by atoms with Gasteiger partial charge < -0.3 is 28.7 Å². The van der Waals surface area contributed by atoms with Crippen LogP contribution in [0.5, 0.6) is 0 Å². The largest absolute Gasteiger partial charge is 0.460 e. The zero-order chi connectivity index (χ0) is 42.2. The molecule has 2 unspecified atom stereocenters. The second-order valence-electron chi connectivity index (χ2n) is 18.6. The van der Waals surface area contributed by atoms with E-state index in [-0.39, 0.29) is 49.7 Å². The molecule has 2 aliphatic heterocycles. The highest BCUT2D eigenvalue weighted by atomic mass is 16.6. The molecule has 0 aromatic heterocycles. The van der Waals surface area contributed by atoms with Crippen molar-refractivity contribution in [2.45, 2.75) is 143 Å². The molecule has 0 N–H and O–H groups in total. The van der Waals surface area contributed by atoms with E-state index in [0.717, 1.165) is 0 Å². The van der Waals surface area contributed by atoms with Crippen molar-refractivity contribution in [3.63, 3.8) is 0 Å². The van der Waals surface area contributed by atoms with Crippen molar-refractivity contribution in [2.24, 2.45) is 0 Å². The van der Waals surface area contributed by atoms with E-state index in [1.165, 1.54) is 9.80 Å². The standard InChI is InChI=1S/C42H66N4O10/c1-39(2,3)53-31(47)15-13-21-43-23-25-45(27-33(49)55-41(7,8)9)37(51)35(43)29-17-19-30(20-18-29)36-38(52)46(28-34(50)56-42(10,11)12)26-24-44(36)22-14-16-32(48)54-40(4,5)6/h17-20,35-36H,13-16,21-28H2,1-12H3. The second kappa shape index (κ2) is 18.9. The average Bonchev–Trinajstić information content (AvgIpc) is 3.00. The lowest BCUT2D eigenvalue weighted by molar-refractivity contribution is -0.162. The smallest absolute Gasteiger partial charge is 0.326 e. The molecule has 2 heterocycles. The van der Waals surface area contributed by atoms with Crippen molar-refractivity contribution in [1.82, 2.24) is 19.6 Å². The van der Waals surface area contributed by atoms with Gasteiger partial charge in [-0.3, -0.25) is 38.6 Å². The molecule has 56 heavy (non-hydrogen) atoms. The van der Waals surface area contributed by atoms with E-state index < -0.39 is 46.4 Å². The Bertz CT molecular complexity index is 1430. The molecule has 0 spiro atoms. The summed E-state index contributed by atoms with van der Waals surface area (Å²) in [4.78, 5) is 85.9. The molecule has 2 aliphatic rings. The van der Waals surface area contributed by atoms with Gasteiger partial charge in [-0.1, -0.05) is 24.3 Å². The number of hydrogen-bond donors (Lipinski definition) is 0. The fraction of sp³-hybridized carbons (Fsp3) is 0.714. The zero-order valence-electron chi connectivity index (χ0n) is 35.8. The normalized spacial score (nSPS) is 19.1. The number of esters is 4. The lowest BCUT2D eigenvalue weighted by atomic mass is 9.95. The highest BCUT2D eigenvalue weighted by molar-refractivity contribution is 5.89. The summed E-state index contributed by atoms with van der Waals surface area (Å²) in [6, 6.07) is 5.75. The van der Waals surface area contributed by atoms with Crippen molar-refractivity contribution in [2.75, 3.05) is 52.4 Å². The molecule has 2 saturated heterocycles. The lowest BCUT2D eigenvalue weighted by Gasteiger charge is -2.42. The molecular formula is C42H66N4O10. The van der Waals surface area contributed by atoms with Crippen LogP contribution in [-0.2, 0) is 47.7 Å². The molecule has 3 rings (SSSR count). The van der Waals surface area contributed by atoms with Crippen LogP contribution < -0.4 is 0 Å². The Morgan fingerprint density at radius 1 is 0.500 bits per heavy atom. The maximum Gasteiger partial charge on any atom is 0.326 e. The average molecular weight is 787 g/mol. The van der Waals surface area contributed by atoms with E-state index in [0.29, 0.717) is 63.2 Å². The SMILES string of the molecule is CC(C)(C)OC(=O)CCCN1CCN(CC(=O)OC(C)(C)C)C(=O)C1c1ccc(C2C(=O)N(CC(=O)OC(C)(C)C)CCN2CCCC(=O)OC(C)(C)C)cc1. The van der Waals surface area contributed by atoms with Gasteiger partial charge in [0.15, 0.2) is 0 Å². The van der Waals surface area contributed by atoms with Gasteiger partial charge in [0, 0.05) is 39.0 Å². The fourth-order valence-electron chi connectivity index (χ4n) is 6.70. The van der Waals surface area contributed by atoms with Gasteiger partial charge in [0.05, 0.1) is 0 Å². The third kappa shape index (κ3) is 15.5. The van der Waals surface area contributed by atoms with Crippen molar-refractivity contribution in [3.05, 3.63) is 35.4 Å². The monoisotopic (exact) mass is 786 g/mol. The molecule has 14 heteroatoms. The summed E-state index contributed by atoms with van der Waals surface area (Å²) in [5, 5.41) is 0.